The van der Waals surface area contributed by atoms with E-state index in [1.54, 1.807) is 42.8 Å². The fourth-order valence-electron chi connectivity index (χ4n) is 2.90. The molecule has 1 N–H and O–H groups in total. The molecule has 0 unspecified atom stereocenters. The van der Waals surface area contributed by atoms with E-state index in [0.29, 0.717) is 23.6 Å². The van der Waals surface area contributed by atoms with Crippen molar-refractivity contribution in [2.75, 3.05) is 4.72 Å². The molecule has 2 aromatic carbocycles. The van der Waals surface area contributed by atoms with Crippen molar-refractivity contribution < 1.29 is 12.8 Å². The Morgan fingerprint density at radius 1 is 1.07 bits per heavy atom. The van der Waals surface area contributed by atoms with Crippen LogP contribution in [0.2, 0.25) is 0 Å². The van der Waals surface area contributed by atoms with Gasteiger partial charge in [0.15, 0.2) is 0 Å². The maximum atomic E-state index is 13.4. The Morgan fingerprint density at radius 3 is 2.41 bits per heavy atom. The Bertz CT molecular complexity index is 1060. The van der Waals surface area contributed by atoms with E-state index in [-0.39, 0.29) is 10.7 Å². The number of hydrogen-bond donors (Lipinski definition) is 1. The van der Waals surface area contributed by atoms with Crippen LogP contribution in [0.3, 0.4) is 0 Å². The number of nitrogens with one attached hydrogen (secondary N) is 1. The Hall–Kier alpha value is -2.67. The molecule has 27 heavy (non-hydrogen) atoms. The molecular formula is C20H22FN3O2S. The summed E-state index contributed by atoms with van der Waals surface area (Å²) in [5.74, 6) is -0.314. The second-order valence-electron chi connectivity index (χ2n) is 6.44. The van der Waals surface area contributed by atoms with Crippen LogP contribution in [-0.2, 0) is 23.0 Å². The van der Waals surface area contributed by atoms with Gasteiger partial charge in [-0.2, -0.15) is 5.10 Å². The van der Waals surface area contributed by atoms with Gasteiger partial charge in [-0.1, -0.05) is 31.2 Å². The number of aryl methyl sites for hydroxylation is 2. The lowest BCUT2D eigenvalue weighted by atomic mass is 10.2. The van der Waals surface area contributed by atoms with Gasteiger partial charge in [-0.15, -0.1) is 0 Å². The van der Waals surface area contributed by atoms with Gasteiger partial charge in [0.05, 0.1) is 28.5 Å². The lowest BCUT2D eigenvalue weighted by molar-refractivity contribution is 0.601. The predicted molar refractivity (Wildman–Crippen MR) is 104 cm³/mol. The van der Waals surface area contributed by atoms with Gasteiger partial charge in [0.25, 0.3) is 10.0 Å². The van der Waals surface area contributed by atoms with Gasteiger partial charge in [0.2, 0.25) is 0 Å². The normalized spacial score (nSPS) is 11.6. The minimum atomic E-state index is -3.71. The molecule has 3 aromatic rings. The number of hydrogen-bond acceptors (Lipinski definition) is 3. The fourth-order valence-corrected chi connectivity index (χ4v) is 4.08. The highest BCUT2D eigenvalue weighted by Crippen LogP contribution is 2.24. The molecule has 142 valence electrons. The number of aromatic nitrogens is 2. The third-order valence-electron chi connectivity index (χ3n) is 4.48. The molecule has 0 aliphatic carbocycles. The third-order valence-corrected chi connectivity index (χ3v) is 5.85. The number of anilines is 1. The van der Waals surface area contributed by atoms with E-state index >= 15 is 0 Å². The van der Waals surface area contributed by atoms with Gasteiger partial charge in [-0.25, -0.2) is 12.8 Å². The molecule has 0 radical (unpaired) electrons. The average Bonchev–Trinajstić information content (AvgIpc) is 2.89. The molecule has 0 aliphatic heterocycles. The second kappa shape index (κ2) is 7.52. The molecule has 0 spiro atoms. The zero-order valence-corrected chi connectivity index (χ0v) is 16.3. The predicted octanol–water partition coefficient (Wildman–Crippen LogP) is 4.05. The minimum absolute atomic E-state index is 0.205. The van der Waals surface area contributed by atoms with Gasteiger partial charge in [0.1, 0.15) is 5.82 Å². The zero-order valence-electron chi connectivity index (χ0n) is 15.5. The van der Waals surface area contributed by atoms with Crippen LogP contribution in [0.15, 0.2) is 53.4 Å². The smallest absolute Gasteiger partial charge is 0.262 e. The minimum Gasteiger partial charge on any atom is -0.276 e. The van der Waals surface area contributed by atoms with Crippen molar-refractivity contribution >= 4 is 15.7 Å². The summed E-state index contributed by atoms with van der Waals surface area (Å²) < 4.78 is 43.1. The summed E-state index contributed by atoms with van der Waals surface area (Å²) in [6.07, 6.45) is 0.846. The van der Waals surface area contributed by atoms with E-state index in [1.165, 1.54) is 12.1 Å². The van der Waals surface area contributed by atoms with Gasteiger partial charge in [-0.05, 0) is 55.7 Å². The number of rotatable bonds is 6. The van der Waals surface area contributed by atoms with Crippen LogP contribution >= 0.6 is 0 Å². The van der Waals surface area contributed by atoms with E-state index in [0.717, 1.165) is 17.5 Å². The van der Waals surface area contributed by atoms with Crippen LogP contribution < -0.4 is 4.72 Å². The molecule has 0 fully saturated rings. The number of halogens is 1. The molecule has 3 rings (SSSR count). The Kier molecular flexibility index (Phi) is 5.32. The number of sulfonamides is 1. The van der Waals surface area contributed by atoms with E-state index in [1.807, 2.05) is 19.1 Å². The van der Waals surface area contributed by atoms with Gasteiger partial charge >= 0.3 is 0 Å². The average molecular weight is 387 g/mol. The standard InChI is InChI=1S/C20H22FN3O2S/c1-4-16-8-10-19(11-9-16)27(25,26)23-20-14(2)22-24(15(20)3)13-17-6-5-7-18(21)12-17/h5-12,23H,4,13H2,1-3H3. The first kappa shape index (κ1) is 19.1. The van der Waals surface area contributed by atoms with Gasteiger partial charge < -0.3 is 0 Å². The number of nitrogens with zero attached hydrogens (tertiary/aromatic N) is 2. The van der Waals surface area contributed by atoms with Gasteiger partial charge in [0, 0.05) is 0 Å². The summed E-state index contributed by atoms with van der Waals surface area (Å²) in [7, 11) is -3.71. The lowest BCUT2D eigenvalue weighted by Gasteiger charge is -2.10. The van der Waals surface area contributed by atoms with Crippen LogP contribution in [0.4, 0.5) is 10.1 Å². The SMILES string of the molecule is CCc1ccc(S(=O)(=O)Nc2c(C)nn(Cc3cccc(F)c3)c2C)cc1. The topological polar surface area (TPSA) is 64.0 Å². The molecular weight excluding hydrogens is 365 g/mol. The van der Waals surface area contributed by atoms with Crippen molar-refractivity contribution in [2.45, 2.75) is 38.6 Å². The first-order valence-electron chi connectivity index (χ1n) is 8.70. The van der Waals surface area contributed by atoms with Crippen LogP contribution in [0.1, 0.15) is 29.4 Å². The molecule has 1 aromatic heterocycles. The molecule has 0 saturated carbocycles. The maximum Gasteiger partial charge on any atom is 0.262 e. The summed E-state index contributed by atoms with van der Waals surface area (Å²) in [5.41, 5.74) is 3.52. The van der Waals surface area contributed by atoms with E-state index in [4.69, 9.17) is 0 Å². The van der Waals surface area contributed by atoms with Crippen molar-refractivity contribution in [1.82, 2.24) is 9.78 Å². The molecule has 0 saturated heterocycles. The summed E-state index contributed by atoms with van der Waals surface area (Å²) >= 11 is 0. The third kappa shape index (κ3) is 4.19. The van der Waals surface area contributed by atoms with Crippen LogP contribution in [0.5, 0.6) is 0 Å². The maximum absolute atomic E-state index is 13.4. The summed E-state index contributed by atoms with van der Waals surface area (Å²) in [6, 6.07) is 13.1. The van der Waals surface area contributed by atoms with Crippen LogP contribution in [0, 0.1) is 19.7 Å². The van der Waals surface area contributed by atoms with Crippen molar-refractivity contribution in [3.05, 3.63) is 76.9 Å². The molecule has 1 heterocycles. The second-order valence-corrected chi connectivity index (χ2v) is 8.12. The first-order valence-corrected chi connectivity index (χ1v) is 10.2. The quantitative estimate of drug-likeness (QED) is 0.694. The summed E-state index contributed by atoms with van der Waals surface area (Å²) in [5, 5.41) is 4.41. The van der Waals surface area contributed by atoms with Crippen molar-refractivity contribution in [3.63, 3.8) is 0 Å². The zero-order chi connectivity index (χ0) is 19.6. The van der Waals surface area contributed by atoms with Crippen LogP contribution in [-0.4, -0.2) is 18.2 Å². The molecule has 0 aliphatic rings. The van der Waals surface area contributed by atoms with E-state index in [2.05, 4.69) is 9.82 Å². The van der Waals surface area contributed by atoms with Gasteiger partial charge in [-0.3, -0.25) is 9.40 Å². The number of benzene rings is 2. The Labute approximate surface area is 158 Å². The largest absolute Gasteiger partial charge is 0.276 e. The highest BCUT2D eigenvalue weighted by atomic mass is 32.2. The van der Waals surface area contributed by atoms with Crippen molar-refractivity contribution in [1.29, 1.82) is 0 Å². The molecule has 7 heteroatoms. The molecule has 0 bridgehead atoms. The van der Waals surface area contributed by atoms with Crippen molar-refractivity contribution in [3.8, 4) is 0 Å². The Morgan fingerprint density at radius 2 is 1.78 bits per heavy atom. The molecule has 5 nitrogen and oxygen atoms in total. The summed E-state index contributed by atoms with van der Waals surface area (Å²) in [6.45, 7) is 5.91. The Balaban J connectivity index is 1.87. The monoisotopic (exact) mass is 387 g/mol. The fraction of sp³-hybridized carbons (Fsp3) is 0.250. The first-order chi connectivity index (χ1) is 12.8. The van der Waals surface area contributed by atoms with Crippen LogP contribution in [0.25, 0.3) is 0 Å². The molecule has 0 amide bonds. The highest BCUT2D eigenvalue weighted by Gasteiger charge is 2.20. The van der Waals surface area contributed by atoms with E-state index in [9.17, 15) is 12.8 Å². The highest BCUT2D eigenvalue weighted by molar-refractivity contribution is 7.92. The summed E-state index contributed by atoms with van der Waals surface area (Å²) in [4.78, 5) is 0.205. The van der Waals surface area contributed by atoms with E-state index < -0.39 is 10.0 Å². The van der Waals surface area contributed by atoms with Crippen molar-refractivity contribution in [2.24, 2.45) is 0 Å². The molecule has 0 atom stereocenters. The lowest BCUT2D eigenvalue weighted by Crippen LogP contribution is -2.14.